The Morgan fingerprint density at radius 3 is 2.00 bits per heavy atom. The molecule has 3 nitrogen and oxygen atoms in total. The minimum absolute atomic E-state index is 0.361. The Balaban J connectivity index is 4.09. The monoisotopic (exact) mass is 156 g/mol. The van der Waals surface area contributed by atoms with Crippen LogP contribution in [0.15, 0.2) is 0 Å². The van der Waals surface area contributed by atoms with Crippen LogP contribution in [-0.4, -0.2) is 31.2 Å². The highest BCUT2D eigenvalue weighted by molar-refractivity contribution is 5.81. The number of halogens is 3. The molecule has 0 aliphatic carbocycles. The van der Waals surface area contributed by atoms with E-state index in [9.17, 15) is 18.0 Å². The number of carbonyl (C=O) groups is 1. The third kappa shape index (κ3) is 2.22. The van der Waals surface area contributed by atoms with Crippen molar-refractivity contribution in [2.45, 2.75) is 6.18 Å². The zero-order chi connectivity index (χ0) is 8.36. The number of amides is 1. The number of carbonyl (C=O) groups excluding carboxylic acids is 1. The zero-order valence-electron chi connectivity index (χ0n) is 5.49. The number of hydrogen-bond donors (Lipinski definition) is 1. The smallest absolute Gasteiger partial charge is 0.274 e. The Hall–Kier alpha value is -0.780. The van der Waals surface area contributed by atoms with Gasteiger partial charge in [0.05, 0.1) is 0 Å². The van der Waals surface area contributed by atoms with Gasteiger partial charge in [-0.15, -0.1) is 0 Å². The van der Waals surface area contributed by atoms with Gasteiger partial charge in [-0.3, -0.25) is 9.80 Å². The van der Waals surface area contributed by atoms with Gasteiger partial charge in [0.1, 0.15) is 0 Å². The number of hydrogen-bond acceptors (Lipinski definition) is 2. The molecule has 0 aromatic rings. The van der Waals surface area contributed by atoms with Gasteiger partial charge in [0, 0.05) is 14.1 Å². The molecule has 6 heteroatoms. The lowest BCUT2D eigenvalue weighted by atomic mass is 10.6. The van der Waals surface area contributed by atoms with Gasteiger partial charge in [0.2, 0.25) is 0 Å². The van der Waals surface area contributed by atoms with E-state index in [0.29, 0.717) is 5.01 Å². The average molecular weight is 156 g/mol. The molecule has 0 saturated heterocycles. The fourth-order valence-corrected chi connectivity index (χ4v) is 0.292. The predicted molar refractivity (Wildman–Crippen MR) is 27.9 cm³/mol. The van der Waals surface area contributed by atoms with Crippen LogP contribution in [0.5, 0.6) is 0 Å². The normalized spacial score (nSPS) is 11.3. The van der Waals surface area contributed by atoms with Crippen LogP contribution in [0, 0.1) is 0 Å². The van der Waals surface area contributed by atoms with E-state index < -0.39 is 12.1 Å². The molecule has 0 unspecified atom stereocenters. The molecule has 60 valence electrons. The molecule has 0 heterocycles. The van der Waals surface area contributed by atoms with Crippen molar-refractivity contribution in [2.24, 2.45) is 0 Å². The standard InChI is InChI=1S/C4H7F3N2O/c1-8-9(2)3(10)4(5,6)7/h8H,1-2H3. The van der Waals surface area contributed by atoms with Crippen LogP contribution in [0.3, 0.4) is 0 Å². The molecule has 0 saturated carbocycles. The van der Waals surface area contributed by atoms with Crippen molar-refractivity contribution < 1.29 is 18.0 Å². The summed E-state index contributed by atoms with van der Waals surface area (Å²) in [5.74, 6) is -1.91. The summed E-state index contributed by atoms with van der Waals surface area (Å²) < 4.78 is 34.4. The van der Waals surface area contributed by atoms with Crippen molar-refractivity contribution >= 4 is 5.91 Å². The lowest BCUT2D eigenvalue weighted by Crippen LogP contribution is -2.44. The third-order valence-corrected chi connectivity index (χ3v) is 0.883. The summed E-state index contributed by atoms with van der Waals surface area (Å²) in [7, 11) is 2.22. The van der Waals surface area contributed by atoms with E-state index in [-0.39, 0.29) is 0 Å². The summed E-state index contributed by atoms with van der Waals surface area (Å²) in [5.41, 5.74) is 2.04. The number of nitrogens with one attached hydrogen (secondary N) is 1. The maximum absolute atomic E-state index is 11.5. The Bertz CT molecular complexity index is 133. The quantitative estimate of drug-likeness (QED) is 0.548. The lowest BCUT2D eigenvalue weighted by Gasteiger charge is -2.16. The van der Waals surface area contributed by atoms with Gasteiger partial charge in [-0.25, -0.2) is 5.43 Å². The van der Waals surface area contributed by atoms with Gasteiger partial charge in [-0.1, -0.05) is 0 Å². The maximum Gasteiger partial charge on any atom is 0.472 e. The maximum atomic E-state index is 11.5. The van der Waals surface area contributed by atoms with Crippen LogP contribution in [-0.2, 0) is 4.79 Å². The number of alkyl halides is 3. The first-order valence-corrected chi connectivity index (χ1v) is 2.42. The first-order chi connectivity index (χ1) is 4.39. The number of nitrogens with zero attached hydrogens (tertiary/aromatic N) is 1. The molecule has 0 atom stereocenters. The minimum atomic E-state index is -4.79. The summed E-state index contributed by atoms with van der Waals surface area (Å²) in [5, 5.41) is 0.361. The Morgan fingerprint density at radius 2 is 1.90 bits per heavy atom. The molecule has 0 rings (SSSR count). The fraction of sp³-hybridized carbons (Fsp3) is 0.750. The summed E-state index contributed by atoms with van der Waals surface area (Å²) in [6.45, 7) is 0. The largest absolute Gasteiger partial charge is 0.472 e. The highest BCUT2D eigenvalue weighted by Crippen LogP contribution is 2.16. The van der Waals surface area contributed by atoms with Crippen molar-refractivity contribution in [1.82, 2.24) is 10.4 Å². The topological polar surface area (TPSA) is 32.3 Å². The van der Waals surface area contributed by atoms with E-state index in [1.165, 1.54) is 7.05 Å². The molecular weight excluding hydrogens is 149 g/mol. The number of rotatable bonds is 1. The van der Waals surface area contributed by atoms with Crippen molar-refractivity contribution in [3.05, 3.63) is 0 Å². The Labute approximate surface area is 55.8 Å². The van der Waals surface area contributed by atoms with Crippen LogP contribution in [0.1, 0.15) is 0 Å². The highest BCUT2D eigenvalue weighted by Gasteiger charge is 2.41. The molecular formula is C4H7F3N2O. The van der Waals surface area contributed by atoms with E-state index >= 15 is 0 Å². The van der Waals surface area contributed by atoms with Crippen LogP contribution in [0.4, 0.5) is 13.2 Å². The van der Waals surface area contributed by atoms with Gasteiger partial charge in [-0.2, -0.15) is 13.2 Å². The molecule has 0 aliphatic rings. The van der Waals surface area contributed by atoms with Crippen LogP contribution in [0.2, 0.25) is 0 Å². The lowest BCUT2D eigenvalue weighted by molar-refractivity contribution is -0.186. The minimum Gasteiger partial charge on any atom is -0.274 e. The Kier molecular flexibility index (Phi) is 2.65. The van der Waals surface area contributed by atoms with E-state index in [4.69, 9.17) is 0 Å². The second-order valence-corrected chi connectivity index (χ2v) is 1.59. The highest BCUT2D eigenvalue weighted by atomic mass is 19.4. The van der Waals surface area contributed by atoms with Crippen molar-refractivity contribution in [1.29, 1.82) is 0 Å². The van der Waals surface area contributed by atoms with Crippen molar-refractivity contribution in [3.63, 3.8) is 0 Å². The molecule has 0 bridgehead atoms. The van der Waals surface area contributed by atoms with E-state index in [1.807, 2.05) is 5.43 Å². The van der Waals surface area contributed by atoms with Gasteiger partial charge in [0.25, 0.3) is 0 Å². The molecule has 1 N–H and O–H groups in total. The van der Waals surface area contributed by atoms with E-state index in [2.05, 4.69) is 0 Å². The second-order valence-electron chi connectivity index (χ2n) is 1.59. The molecule has 0 aromatic carbocycles. The molecule has 0 radical (unpaired) electrons. The van der Waals surface area contributed by atoms with Crippen molar-refractivity contribution in [2.75, 3.05) is 14.1 Å². The molecule has 10 heavy (non-hydrogen) atoms. The van der Waals surface area contributed by atoms with Crippen LogP contribution >= 0.6 is 0 Å². The Morgan fingerprint density at radius 1 is 1.50 bits per heavy atom. The summed E-state index contributed by atoms with van der Waals surface area (Å²) in [6.07, 6.45) is -4.79. The van der Waals surface area contributed by atoms with Crippen LogP contribution in [0.25, 0.3) is 0 Å². The molecule has 0 fully saturated rings. The summed E-state index contributed by atoms with van der Waals surface area (Å²) >= 11 is 0. The SMILES string of the molecule is CNN(C)C(=O)C(F)(F)F. The molecule has 0 aliphatic heterocycles. The van der Waals surface area contributed by atoms with Crippen LogP contribution < -0.4 is 5.43 Å². The number of hydrazine groups is 1. The first kappa shape index (κ1) is 9.22. The van der Waals surface area contributed by atoms with Gasteiger partial charge in [-0.05, 0) is 0 Å². The third-order valence-electron chi connectivity index (χ3n) is 0.883. The van der Waals surface area contributed by atoms with E-state index in [0.717, 1.165) is 7.05 Å². The van der Waals surface area contributed by atoms with E-state index in [1.54, 1.807) is 0 Å². The second kappa shape index (κ2) is 2.87. The summed E-state index contributed by atoms with van der Waals surface area (Å²) in [6, 6.07) is 0. The van der Waals surface area contributed by atoms with Gasteiger partial charge in [0.15, 0.2) is 0 Å². The fourth-order valence-electron chi connectivity index (χ4n) is 0.292. The van der Waals surface area contributed by atoms with Crippen molar-refractivity contribution in [3.8, 4) is 0 Å². The zero-order valence-corrected chi connectivity index (χ0v) is 5.49. The van der Waals surface area contributed by atoms with Gasteiger partial charge < -0.3 is 0 Å². The molecule has 0 spiro atoms. The molecule has 0 aromatic heterocycles. The molecule has 1 amide bonds. The first-order valence-electron chi connectivity index (χ1n) is 2.42. The predicted octanol–water partition coefficient (Wildman–Crippen LogP) is 0.141. The summed E-state index contributed by atoms with van der Waals surface area (Å²) in [4.78, 5) is 10.1. The average Bonchev–Trinajstić information content (AvgIpc) is 1.83. The van der Waals surface area contributed by atoms with Gasteiger partial charge >= 0.3 is 12.1 Å².